The number of nitriles is 1. The Morgan fingerprint density at radius 3 is 3.00 bits per heavy atom. The molecule has 0 spiro atoms. The second-order valence-corrected chi connectivity index (χ2v) is 3.14. The molecule has 1 saturated heterocycles. The van der Waals surface area contributed by atoms with Gasteiger partial charge in [0.2, 0.25) is 5.82 Å². The maximum atomic E-state index is 8.69. The monoisotopic (exact) mass is 162 g/mol. The van der Waals surface area contributed by atoms with E-state index in [-0.39, 0.29) is 0 Å². The van der Waals surface area contributed by atoms with Gasteiger partial charge in [0, 0.05) is 25.5 Å². The van der Waals surface area contributed by atoms with Crippen molar-refractivity contribution in [3.63, 3.8) is 0 Å². The van der Waals surface area contributed by atoms with E-state index in [2.05, 4.69) is 23.0 Å². The van der Waals surface area contributed by atoms with Crippen LogP contribution in [-0.4, -0.2) is 34.6 Å². The zero-order chi connectivity index (χ0) is 8.55. The third-order valence-electron chi connectivity index (χ3n) is 2.21. The predicted molar refractivity (Wildman–Crippen MR) is 43.5 cm³/mol. The average Bonchev–Trinajstić information content (AvgIpc) is 2.45. The summed E-state index contributed by atoms with van der Waals surface area (Å²) in [5, 5.41) is 8.69. The quantitative estimate of drug-likeness (QED) is 0.594. The van der Waals surface area contributed by atoms with Crippen molar-refractivity contribution < 1.29 is 0 Å². The molecule has 62 valence electrons. The van der Waals surface area contributed by atoms with Gasteiger partial charge in [0.1, 0.15) is 6.07 Å². The van der Waals surface area contributed by atoms with Crippen LogP contribution < -0.4 is 0 Å². The summed E-state index contributed by atoms with van der Waals surface area (Å²) in [5.41, 5.74) is 0. The molecule has 2 rings (SSSR count). The molecule has 0 bridgehead atoms. The third-order valence-corrected chi connectivity index (χ3v) is 2.21. The molecule has 0 N–H and O–H groups in total. The fourth-order valence-corrected chi connectivity index (χ4v) is 1.54. The Kier molecular flexibility index (Phi) is 1.59. The minimum Gasteiger partial charge on any atom is -0.317 e. The minimum absolute atomic E-state index is 0.451. The zero-order valence-electron chi connectivity index (χ0n) is 6.94. The summed E-state index contributed by atoms with van der Waals surface area (Å²) < 4.78 is 1.94. The zero-order valence-corrected chi connectivity index (χ0v) is 6.94. The molecule has 1 aliphatic heterocycles. The average molecular weight is 162 g/mol. The van der Waals surface area contributed by atoms with E-state index in [9.17, 15) is 0 Å². The van der Waals surface area contributed by atoms with Gasteiger partial charge in [-0.05, 0) is 7.05 Å². The van der Waals surface area contributed by atoms with E-state index in [1.807, 2.05) is 10.8 Å². The summed E-state index contributed by atoms with van der Waals surface area (Å²) >= 11 is 0. The molecule has 1 aromatic heterocycles. The van der Waals surface area contributed by atoms with Crippen LogP contribution in [0.3, 0.4) is 0 Å². The normalized spacial score (nSPS) is 18.7. The SMILES string of the molecule is CN1CC(n2ccnc2C#N)C1. The van der Waals surface area contributed by atoms with Crippen molar-refractivity contribution in [2.24, 2.45) is 0 Å². The predicted octanol–water partition coefficient (Wildman–Crippen LogP) is 0.241. The molecule has 4 heteroatoms. The van der Waals surface area contributed by atoms with Crippen LogP contribution in [0.5, 0.6) is 0 Å². The molecule has 12 heavy (non-hydrogen) atoms. The Morgan fingerprint density at radius 1 is 1.67 bits per heavy atom. The van der Waals surface area contributed by atoms with Gasteiger partial charge in [0.15, 0.2) is 0 Å². The molecule has 2 heterocycles. The summed E-state index contributed by atoms with van der Waals surface area (Å²) in [6.07, 6.45) is 3.55. The standard InChI is InChI=1S/C8H10N4/c1-11-5-7(6-11)12-3-2-10-8(12)4-9/h2-3,7H,5-6H2,1H3. The van der Waals surface area contributed by atoms with Gasteiger partial charge < -0.3 is 9.47 Å². The van der Waals surface area contributed by atoms with Gasteiger partial charge in [-0.25, -0.2) is 4.98 Å². The lowest BCUT2D eigenvalue weighted by molar-refractivity contribution is 0.140. The number of hydrogen-bond donors (Lipinski definition) is 0. The summed E-state index contributed by atoms with van der Waals surface area (Å²) in [6.45, 7) is 2.04. The number of likely N-dealkylation sites (tertiary alicyclic amines) is 1. The van der Waals surface area contributed by atoms with Crippen molar-refractivity contribution >= 4 is 0 Å². The van der Waals surface area contributed by atoms with Crippen LogP contribution in [-0.2, 0) is 0 Å². The van der Waals surface area contributed by atoms with E-state index in [1.165, 1.54) is 0 Å². The molecule has 1 aliphatic rings. The second kappa shape index (κ2) is 2.61. The third kappa shape index (κ3) is 0.990. The van der Waals surface area contributed by atoms with Gasteiger partial charge in [0.25, 0.3) is 0 Å². The molecule has 0 amide bonds. The Balaban J connectivity index is 2.19. The smallest absolute Gasteiger partial charge is 0.213 e. The highest BCUT2D eigenvalue weighted by Gasteiger charge is 2.25. The molecular weight excluding hydrogens is 152 g/mol. The number of likely N-dealkylation sites (N-methyl/N-ethyl adjacent to an activating group) is 1. The van der Waals surface area contributed by atoms with Gasteiger partial charge in [-0.1, -0.05) is 0 Å². The topological polar surface area (TPSA) is 44.9 Å². The van der Waals surface area contributed by atoms with E-state index < -0.39 is 0 Å². The van der Waals surface area contributed by atoms with E-state index in [0.29, 0.717) is 11.9 Å². The van der Waals surface area contributed by atoms with E-state index in [0.717, 1.165) is 13.1 Å². The highest BCUT2D eigenvalue weighted by molar-refractivity contribution is 5.13. The fraction of sp³-hybridized carbons (Fsp3) is 0.500. The second-order valence-electron chi connectivity index (χ2n) is 3.14. The van der Waals surface area contributed by atoms with Crippen LogP contribution in [0.25, 0.3) is 0 Å². The van der Waals surface area contributed by atoms with Crippen molar-refractivity contribution in [2.45, 2.75) is 6.04 Å². The molecule has 1 fully saturated rings. The first-order valence-electron chi connectivity index (χ1n) is 3.92. The fourth-order valence-electron chi connectivity index (χ4n) is 1.54. The molecule has 0 radical (unpaired) electrons. The van der Waals surface area contributed by atoms with Crippen LogP contribution in [0.4, 0.5) is 0 Å². The largest absolute Gasteiger partial charge is 0.317 e. The molecule has 0 unspecified atom stereocenters. The first-order chi connectivity index (χ1) is 5.81. The first kappa shape index (κ1) is 7.32. The van der Waals surface area contributed by atoms with E-state index in [4.69, 9.17) is 5.26 Å². The molecule has 1 aromatic rings. The van der Waals surface area contributed by atoms with Crippen molar-refractivity contribution in [1.29, 1.82) is 5.26 Å². The number of aromatic nitrogens is 2. The molecule has 0 saturated carbocycles. The Labute approximate surface area is 71.0 Å². The van der Waals surface area contributed by atoms with E-state index in [1.54, 1.807) is 6.20 Å². The lowest BCUT2D eigenvalue weighted by Crippen LogP contribution is -2.45. The van der Waals surface area contributed by atoms with Crippen molar-refractivity contribution in [1.82, 2.24) is 14.5 Å². The summed E-state index contributed by atoms with van der Waals surface area (Å²) in [5.74, 6) is 0.521. The molecule has 0 aromatic carbocycles. The molecule has 0 atom stereocenters. The van der Waals surface area contributed by atoms with Crippen molar-refractivity contribution in [3.05, 3.63) is 18.2 Å². The number of imidazole rings is 1. The van der Waals surface area contributed by atoms with Crippen LogP contribution in [0.15, 0.2) is 12.4 Å². The number of hydrogen-bond acceptors (Lipinski definition) is 3. The van der Waals surface area contributed by atoms with Gasteiger partial charge in [-0.2, -0.15) is 5.26 Å². The summed E-state index contributed by atoms with van der Waals surface area (Å²) in [7, 11) is 2.07. The highest BCUT2D eigenvalue weighted by Crippen LogP contribution is 2.19. The lowest BCUT2D eigenvalue weighted by Gasteiger charge is -2.37. The van der Waals surface area contributed by atoms with Gasteiger partial charge in [-0.3, -0.25) is 0 Å². The molecule has 0 aliphatic carbocycles. The van der Waals surface area contributed by atoms with Crippen LogP contribution in [0.1, 0.15) is 11.9 Å². The maximum absolute atomic E-state index is 8.69. The number of rotatable bonds is 1. The summed E-state index contributed by atoms with van der Waals surface area (Å²) in [6, 6.07) is 2.52. The van der Waals surface area contributed by atoms with Gasteiger partial charge in [-0.15, -0.1) is 0 Å². The summed E-state index contributed by atoms with van der Waals surface area (Å²) in [4.78, 5) is 6.16. The minimum atomic E-state index is 0.451. The Bertz CT molecular complexity index is 316. The van der Waals surface area contributed by atoms with Crippen LogP contribution >= 0.6 is 0 Å². The van der Waals surface area contributed by atoms with Crippen molar-refractivity contribution in [3.8, 4) is 6.07 Å². The molecular formula is C8H10N4. The van der Waals surface area contributed by atoms with Gasteiger partial charge in [0.05, 0.1) is 6.04 Å². The maximum Gasteiger partial charge on any atom is 0.213 e. The Morgan fingerprint density at radius 2 is 2.42 bits per heavy atom. The lowest BCUT2D eigenvalue weighted by atomic mass is 10.1. The molecule has 4 nitrogen and oxygen atoms in total. The van der Waals surface area contributed by atoms with Crippen molar-refractivity contribution in [2.75, 3.05) is 20.1 Å². The van der Waals surface area contributed by atoms with Crippen LogP contribution in [0.2, 0.25) is 0 Å². The number of nitrogens with zero attached hydrogens (tertiary/aromatic N) is 4. The van der Waals surface area contributed by atoms with Gasteiger partial charge >= 0.3 is 0 Å². The van der Waals surface area contributed by atoms with Crippen LogP contribution in [0, 0.1) is 11.3 Å². The Hall–Kier alpha value is -1.34. The van der Waals surface area contributed by atoms with E-state index >= 15 is 0 Å². The highest BCUT2D eigenvalue weighted by atomic mass is 15.3. The first-order valence-corrected chi connectivity index (χ1v) is 3.92.